The van der Waals surface area contributed by atoms with E-state index in [1.54, 1.807) is 36.4 Å². The molecule has 0 bridgehead atoms. The van der Waals surface area contributed by atoms with Gasteiger partial charge >= 0.3 is 6.03 Å². The quantitative estimate of drug-likeness (QED) is 0.459. The van der Waals surface area contributed by atoms with E-state index in [2.05, 4.69) is 21.2 Å². The lowest BCUT2D eigenvalue weighted by molar-refractivity contribution is 0.0938. The Morgan fingerprint density at radius 2 is 1.59 bits per heavy atom. The minimum absolute atomic E-state index is 0.144. The fraction of sp³-hybridized carbons (Fsp3) is 0. The third-order valence-electron chi connectivity index (χ3n) is 2.64. The minimum Gasteiger partial charge on any atom is -0.307 e. The Kier molecular flexibility index (Phi) is 5.01. The van der Waals surface area contributed by atoms with Crippen molar-refractivity contribution >= 4 is 29.4 Å². The fourth-order valence-electron chi connectivity index (χ4n) is 1.68. The first-order chi connectivity index (χ1) is 10.7. The molecular formula is C15H12N4O3. The van der Waals surface area contributed by atoms with Crippen molar-refractivity contribution in [1.82, 2.24) is 10.9 Å². The molecule has 0 fully saturated rings. The summed E-state index contributed by atoms with van der Waals surface area (Å²) in [6.45, 7) is 0. The maximum Gasteiger partial charge on any atom is 0.337 e. The van der Waals surface area contributed by atoms with Gasteiger partial charge in [-0.05, 0) is 24.3 Å². The number of rotatable bonds is 3. The van der Waals surface area contributed by atoms with Gasteiger partial charge in [-0.1, -0.05) is 30.3 Å². The first kappa shape index (κ1) is 15.0. The Labute approximate surface area is 126 Å². The van der Waals surface area contributed by atoms with Crippen LogP contribution in [-0.2, 0) is 4.79 Å². The lowest BCUT2D eigenvalue weighted by Crippen LogP contribution is -2.43. The average molecular weight is 296 g/mol. The molecule has 0 aliphatic rings. The van der Waals surface area contributed by atoms with E-state index in [1.165, 1.54) is 18.2 Å². The van der Waals surface area contributed by atoms with Crippen LogP contribution in [0.25, 0.3) is 0 Å². The molecule has 3 amide bonds. The zero-order valence-corrected chi connectivity index (χ0v) is 11.4. The van der Waals surface area contributed by atoms with Gasteiger partial charge < -0.3 is 5.32 Å². The largest absolute Gasteiger partial charge is 0.337 e. The van der Waals surface area contributed by atoms with Gasteiger partial charge in [0.1, 0.15) is 0 Å². The molecular weight excluding hydrogens is 284 g/mol. The molecule has 0 saturated heterocycles. The third-order valence-corrected chi connectivity index (χ3v) is 2.64. The SMILES string of the molecule is O=C=Nc1ccccc1C(=O)NNC(=O)Nc1ccccc1. The minimum atomic E-state index is -0.601. The molecule has 0 unspecified atom stereocenters. The number of carbonyl (C=O) groups excluding carboxylic acids is 3. The van der Waals surface area contributed by atoms with Gasteiger partial charge in [-0.15, -0.1) is 0 Å². The number of benzene rings is 2. The Morgan fingerprint density at radius 1 is 0.909 bits per heavy atom. The predicted molar refractivity (Wildman–Crippen MR) is 80.3 cm³/mol. The third kappa shape index (κ3) is 4.03. The van der Waals surface area contributed by atoms with Crippen LogP contribution in [-0.4, -0.2) is 18.0 Å². The number of aliphatic imine (C=N–C) groups is 1. The van der Waals surface area contributed by atoms with E-state index in [0.29, 0.717) is 5.69 Å². The summed E-state index contributed by atoms with van der Waals surface area (Å²) in [5, 5.41) is 2.54. The Morgan fingerprint density at radius 3 is 2.32 bits per heavy atom. The summed E-state index contributed by atoms with van der Waals surface area (Å²) >= 11 is 0. The standard InChI is InChI=1S/C15H12N4O3/c20-10-16-13-9-5-4-8-12(13)14(21)18-19-15(22)17-11-6-2-1-3-7-11/h1-9H,(H,18,21)(H2,17,19,22). The summed E-state index contributed by atoms with van der Waals surface area (Å²) < 4.78 is 0. The van der Waals surface area contributed by atoms with Crippen molar-refractivity contribution in [3.63, 3.8) is 0 Å². The van der Waals surface area contributed by atoms with Crippen LogP contribution in [0.3, 0.4) is 0 Å². The van der Waals surface area contributed by atoms with Gasteiger partial charge in [0.05, 0.1) is 11.3 Å². The molecule has 22 heavy (non-hydrogen) atoms. The fourth-order valence-corrected chi connectivity index (χ4v) is 1.68. The molecule has 2 aromatic carbocycles. The Balaban J connectivity index is 1.95. The van der Waals surface area contributed by atoms with Crippen LogP contribution in [0.5, 0.6) is 0 Å². The van der Waals surface area contributed by atoms with Crippen LogP contribution in [0.4, 0.5) is 16.2 Å². The maximum absolute atomic E-state index is 12.0. The van der Waals surface area contributed by atoms with Crippen LogP contribution in [0.2, 0.25) is 0 Å². The van der Waals surface area contributed by atoms with Crippen LogP contribution < -0.4 is 16.2 Å². The number of isocyanates is 1. The number of hydrogen-bond acceptors (Lipinski definition) is 4. The van der Waals surface area contributed by atoms with Crippen molar-refractivity contribution in [1.29, 1.82) is 0 Å². The molecule has 0 heterocycles. The van der Waals surface area contributed by atoms with Crippen molar-refractivity contribution in [2.24, 2.45) is 4.99 Å². The van der Waals surface area contributed by atoms with Gasteiger partial charge in [-0.25, -0.2) is 15.0 Å². The molecule has 7 nitrogen and oxygen atoms in total. The van der Waals surface area contributed by atoms with E-state index in [1.807, 2.05) is 6.07 Å². The van der Waals surface area contributed by atoms with Gasteiger partial charge in [-0.3, -0.25) is 10.2 Å². The van der Waals surface area contributed by atoms with Crippen molar-refractivity contribution in [3.05, 3.63) is 60.2 Å². The number of para-hydroxylation sites is 2. The summed E-state index contributed by atoms with van der Waals surface area (Å²) in [6.07, 6.45) is 1.37. The molecule has 0 saturated carbocycles. The average Bonchev–Trinajstić information content (AvgIpc) is 2.54. The summed E-state index contributed by atoms with van der Waals surface area (Å²) in [7, 11) is 0. The van der Waals surface area contributed by atoms with Gasteiger partial charge in [0.15, 0.2) is 0 Å². The summed E-state index contributed by atoms with van der Waals surface area (Å²) in [4.78, 5) is 37.3. The van der Waals surface area contributed by atoms with Crippen molar-refractivity contribution in [2.75, 3.05) is 5.32 Å². The molecule has 0 aliphatic carbocycles. The molecule has 0 radical (unpaired) electrons. The van der Waals surface area contributed by atoms with E-state index in [0.717, 1.165) is 0 Å². The molecule has 2 rings (SSSR count). The number of amides is 3. The van der Waals surface area contributed by atoms with Crippen LogP contribution >= 0.6 is 0 Å². The topological polar surface area (TPSA) is 99.7 Å². The van der Waals surface area contributed by atoms with E-state index < -0.39 is 11.9 Å². The lowest BCUT2D eigenvalue weighted by atomic mass is 10.2. The normalized spacial score (nSPS) is 9.27. The van der Waals surface area contributed by atoms with E-state index in [4.69, 9.17) is 0 Å². The number of nitrogens with zero attached hydrogens (tertiary/aromatic N) is 1. The second-order valence-electron chi connectivity index (χ2n) is 4.12. The molecule has 0 aromatic heterocycles. The molecule has 0 aliphatic heterocycles. The smallest absolute Gasteiger partial charge is 0.307 e. The zero-order valence-electron chi connectivity index (χ0n) is 11.4. The van der Waals surface area contributed by atoms with Crippen molar-refractivity contribution in [3.8, 4) is 0 Å². The van der Waals surface area contributed by atoms with Gasteiger partial charge in [0, 0.05) is 5.69 Å². The highest BCUT2D eigenvalue weighted by Gasteiger charge is 2.11. The molecule has 2 aromatic rings. The van der Waals surface area contributed by atoms with Crippen LogP contribution in [0.15, 0.2) is 59.6 Å². The lowest BCUT2D eigenvalue weighted by Gasteiger charge is -2.09. The summed E-state index contributed by atoms with van der Waals surface area (Å²) in [6, 6.07) is 14.4. The molecule has 7 heteroatoms. The summed E-state index contributed by atoms with van der Waals surface area (Å²) in [5.74, 6) is -0.599. The second-order valence-corrected chi connectivity index (χ2v) is 4.12. The summed E-state index contributed by atoms with van der Waals surface area (Å²) in [5.41, 5.74) is 5.33. The molecule has 0 atom stereocenters. The second kappa shape index (κ2) is 7.37. The number of urea groups is 1. The van der Waals surface area contributed by atoms with E-state index >= 15 is 0 Å². The Hall–Kier alpha value is -3.44. The number of hydrogen-bond donors (Lipinski definition) is 3. The van der Waals surface area contributed by atoms with Gasteiger partial charge in [0.25, 0.3) is 5.91 Å². The monoisotopic (exact) mass is 296 g/mol. The first-order valence-electron chi connectivity index (χ1n) is 6.30. The van der Waals surface area contributed by atoms with E-state index in [-0.39, 0.29) is 11.3 Å². The van der Waals surface area contributed by atoms with E-state index in [9.17, 15) is 14.4 Å². The van der Waals surface area contributed by atoms with Gasteiger partial charge in [-0.2, -0.15) is 4.99 Å². The predicted octanol–water partition coefficient (Wildman–Crippen LogP) is 2.12. The number of hydrazine groups is 1. The highest BCUT2D eigenvalue weighted by molar-refractivity contribution is 6.00. The molecule has 110 valence electrons. The van der Waals surface area contributed by atoms with Crippen molar-refractivity contribution in [2.45, 2.75) is 0 Å². The van der Waals surface area contributed by atoms with Crippen LogP contribution in [0, 0.1) is 0 Å². The maximum atomic E-state index is 12.0. The number of carbonyl (C=O) groups is 2. The molecule has 0 spiro atoms. The zero-order chi connectivity index (χ0) is 15.8. The molecule has 3 N–H and O–H groups in total. The van der Waals surface area contributed by atoms with Gasteiger partial charge in [0.2, 0.25) is 6.08 Å². The number of anilines is 1. The Bertz CT molecular complexity index is 725. The highest BCUT2D eigenvalue weighted by atomic mass is 16.2. The first-order valence-corrected chi connectivity index (χ1v) is 6.30. The van der Waals surface area contributed by atoms with Crippen LogP contribution in [0.1, 0.15) is 10.4 Å². The highest BCUT2D eigenvalue weighted by Crippen LogP contribution is 2.17. The number of nitrogens with one attached hydrogen (secondary N) is 3. The van der Waals surface area contributed by atoms with Crippen molar-refractivity contribution < 1.29 is 14.4 Å².